The lowest BCUT2D eigenvalue weighted by atomic mass is 9.43. The van der Waals surface area contributed by atoms with Crippen LogP contribution in [-0.2, 0) is 47.6 Å². The number of Topliss-reactive ketones (excluding diaryl/α,β-unsaturated/α-hetero) is 1. The second-order valence-electron chi connectivity index (χ2n) is 10.8. The van der Waals surface area contributed by atoms with Crippen molar-refractivity contribution in [3.05, 3.63) is 24.2 Å². The minimum atomic E-state index is -1.12. The summed E-state index contributed by atoms with van der Waals surface area (Å²) in [5.74, 6) is -3.86. The van der Waals surface area contributed by atoms with Crippen molar-refractivity contribution in [2.24, 2.45) is 28.6 Å². The van der Waals surface area contributed by atoms with Crippen LogP contribution >= 0.6 is 0 Å². The van der Waals surface area contributed by atoms with Gasteiger partial charge in [0.25, 0.3) is 0 Å². The van der Waals surface area contributed by atoms with Gasteiger partial charge in [-0.25, -0.2) is 0 Å². The SMILES string of the molecule is COCCOCOCOC(=O)[C@@H]1C[C@H](OC(C)=O)C(=O)C2[C@@]1(C)CC[C@H]1C(=O)O[C@H](c3ccoc3)C[C@]21C. The Hall–Kier alpha value is -2.76. The van der Waals surface area contributed by atoms with Gasteiger partial charge >= 0.3 is 17.9 Å². The average molecular weight is 537 g/mol. The summed E-state index contributed by atoms with van der Waals surface area (Å²) in [6.45, 7) is 5.37. The predicted octanol–water partition coefficient (Wildman–Crippen LogP) is 2.96. The van der Waals surface area contributed by atoms with Crippen LogP contribution in [-0.4, -0.2) is 63.7 Å². The van der Waals surface area contributed by atoms with Crippen molar-refractivity contribution in [2.75, 3.05) is 33.9 Å². The van der Waals surface area contributed by atoms with Gasteiger partial charge in [-0.1, -0.05) is 13.8 Å². The molecule has 0 radical (unpaired) electrons. The molecule has 0 bridgehead atoms. The molecule has 1 aliphatic heterocycles. The molecule has 2 aliphatic carbocycles. The van der Waals surface area contributed by atoms with Crippen molar-refractivity contribution in [2.45, 2.75) is 58.7 Å². The molecule has 0 N–H and O–H groups in total. The van der Waals surface area contributed by atoms with E-state index in [1.54, 1.807) is 13.2 Å². The van der Waals surface area contributed by atoms with E-state index < -0.39 is 52.7 Å². The zero-order valence-corrected chi connectivity index (χ0v) is 22.3. The maximum Gasteiger partial charge on any atom is 0.311 e. The van der Waals surface area contributed by atoms with Crippen LogP contribution in [0.5, 0.6) is 0 Å². The number of fused-ring (bicyclic) bond motifs is 3. The number of cyclic esters (lactones) is 1. The van der Waals surface area contributed by atoms with Crippen molar-refractivity contribution in [1.29, 1.82) is 0 Å². The number of ether oxygens (including phenoxy) is 6. The fourth-order valence-electron chi connectivity index (χ4n) is 6.82. The number of ketones is 1. The Morgan fingerprint density at radius 2 is 1.89 bits per heavy atom. The van der Waals surface area contributed by atoms with Gasteiger partial charge < -0.3 is 32.8 Å². The molecule has 7 atom stereocenters. The molecule has 2 heterocycles. The Morgan fingerprint density at radius 3 is 2.58 bits per heavy atom. The Labute approximate surface area is 221 Å². The van der Waals surface area contributed by atoms with Gasteiger partial charge in [0.15, 0.2) is 25.5 Å². The van der Waals surface area contributed by atoms with E-state index >= 15 is 0 Å². The first kappa shape index (κ1) is 28.3. The molecular formula is C27H36O11. The number of methoxy groups -OCH3 is 1. The van der Waals surface area contributed by atoms with Crippen molar-refractivity contribution < 1.29 is 52.0 Å². The molecule has 2 saturated carbocycles. The van der Waals surface area contributed by atoms with Crippen LogP contribution in [0.1, 0.15) is 58.1 Å². The number of carbonyl (C=O) groups excluding carboxylic acids is 4. The Kier molecular flexibility index (Phi) is 8.59. The maximum absolute atomic E-state index is 14.0. The van der Waals surface area contributed by atoms with Gasteiger partial charge in [-0.05, 0) is 36.2 Å². The van der Waals surface area contributed by atoms with Crippen LogP contribution in [0, 0.1) is 28.6 Å². The smallest absolute Gasteiger partial charge is 0.311 e. The number of rotatable bonds is 10. The zero-order chi connectivity index (χ0) is 27.5. The highest BCUT2D eigenvalue weighted by Gasteiger charge is 2.67. The molecule has 0 spiro atoms. The van der Waals surface area contributed by atoms with Crippen molar-refractivity contribution in [1.82, 2.24) is 0 Å². The van der Waals surface area contributed by atoms with Gasteiger partial charge in [-0.3, -0.25) is 19.2 Å². The van der Waals surface area contributed by atoms with Crippen molar-refractivity contribution in [3.63, 3.8) is 0 Å². The van der Waals surface area contributed by atoms with Crippen LogP contribution < -0.4 is 0 Å². The number of carbonyl (C=O) groups is 4. The summed E-state index contributed by atoms with van der Waals surface area (Å²) in [7, 11) is 1.56. The molecule has 1 aromatic rings. The zero-order valence-electron chi connectivity index (χ0n) is 22.3. The van der Waals surface area contributed by atoms with Crippen LogP contribution in [0.25, 0.3) is 0 Å². The summed E-state index contributed by atoms with van der Waals surface area (Å²) in [6.07, 6.45) is 2.57. The second kappa shape index (κ2) is 11.5. The van der Waals surface area contributed by atoms with E-state index in [2.05, 4.69) is 0 Å². The Morgan fingerprint density at radius 1 is 1.11 bits per heavy atom. The molecule has 1 unspecified atom stereocenters. The molecule has 4 rings (SSSR count). The molecule has 210 valence electrons. The van der Waals surface area contributed by atoms with Crippen LogP contribution in [0.15, 0.2) is 23.0 Å². The maximum atomic E-state index is 14.0. The van der Waals surface area contributed by atoms with E-state index in [-0.39, 0.29) is 31.8 Å². The van der Waals surface area contributed by atoms with E-state index in [4.69, 9.17) is 32.8 Å². The normalized spacial score (nSPS) is 34.6. The summed E-state index contributed by atoms with van der Waals surface area (Å²) >= 11 is 0. The Balaban J connectivity index is 1.59. The third kappa shape index (κ3) is 5.37. The molecule has 1 saturated heterocycles. The lowest BCUT2D eigenvalue weighted by Crippen LogP contribution is -2.64. The summed E-state index contributed by atoms with van der Waals surface area (Å²) in [5, 5.41) is 0. The van der Waals surface area contributed by atoms with Gasteiger partial charge in [0.05, 0.1) is 37.6 Å². The third-order valence-electron chi connectivity index (χ3n) is 8.49. The number of hydrogen-bond donors (Lipinski definition) is 0. The monoisotopic (exact) mass is 536 g/mol. The highest BCUT2D eigenvalue weighted by Crippen LogP contribution is 2.65. The first-order valence-corrected chi connectivity index (χ1v) is 12.9. The van der Waals surface area contributed by atoms with Gasteiger partial charge in [0.1, 0.15) is 6.10 Å². The van der Waals surface area contributed by atoms with Crippen LogP contribution in [0.4, 0.5) is 0 Å². The number of furan rings is 1. The van der Waals surface area contributed by atoms with Crippen LogP contribution in [0.3, 0.4) is 0 Å². The third-order valence-corrected chi connectivity index (χ3v) is 8.49. The summed E-state index contributed by atoms with van der Waals surface area (Å²) in [4.78, 5) is 52.4. The van der Waals surface area contributed by atoms with Gasteiger partial charge in [-0.2, -0.15) is 0 Å². The molecule has 0 amide bonds. The molecule has 1 aromatic heterocycles. The van der Waals surface area contributed by atoms with Crippen molar-refractivity contribution >= 4 is 23.7 Å². The Bertz CT molecular complexity index is 1020. The summed E-state index contributed by atoms with van der Waals surface area (Å²) in [5.41, 5.74) is -0.973. The molecular weight excluding hydrogens is 500 g/mol. The minimum absolute atomic E-state index is 0.00490. The largest absolute Gasteiger partial charge is 0.472 e. The van der Waals surface area contributed by atoms with Crippen LogP contribution in [0.2, 0.25) is 0 Å². The molecule has 0 aromatic carbocycles. The van der Waals surface area contributed by atoms with E-state index in [1.807, 2.05) is 13.8 Å². The fourth-order valence-corrected chi connectivity index (χ4v) is 6.82. The van der Waals surface area contributed by atoms with Gasteiger partial charge in [-0.15, -0.1) is 0 Å². The molecule has 3 aliphatic rings. The minimum Gasteiger partial charge on any atom is -0.472 e. The van der Waals surface area contributed by atoms with E-state index in [9.17, 15) is 19.2 Å². The first-order valence-electron chi connectivity index (χ1n) is 12.9. The average Bonchev–Trinajstić information content (AvgIpc) is 3.39. The number of esters is 3. The topological polar surface area (TPSA) is 137 Å². The van der Waals surface area contributed by atoms with E-state index in [1.165, 1.54) is 19.5 Å². The lowest BCUT2D eigenvalue weighted by molar-refractivity contribution is -0.214. The molecule has 38 heavy (non-hydrogen) atoms. The molecule has 11 nitrogen and oxygen atoms in total. The highest BCUT2D eigenvalue weighted by molar-refractivity contribution is 5.93. The predicted molar refractivity (Wildman–Crippen MR) is 128 cm³/mol. The van der Waals surface area contributed by atoms with E-state index in [0.717, 1.165) is 0 Å². The number of hydrogen-bond acceptors (Lipinski definition) is 11. The lowest BCUT2D eigenvalue weighted by Gasteiger charge is -2.61. The molecule has 11 heteroatoms. The van der Waals surface area contributed by atoms with Gasteiger partial charge in [0, 0.05) is 31.9 Å². The first-order chi connectivity index (χ1) is 18.1. The molecule has 3 fully saturated rings. The fraction of sp³-hybridized carbons (Fsp3) is 0.704. The summed E-state index contributed by atoms with van der Waals surface area (Å²) in [6, 6.07) is 1.73. The van der Waals surface area contributed by atoms with Crippen molar-refractivity contribution in [3.8, 4) is 0 Å². The second-order valence-corrected chi connectivity index (χ2v) is 10.8. The standard InChI is InChI=1S/C27H36O11/c1-16(28)37-20-11-19(24(30)36-15-35-14-34-10-9-32-4)26(2)7-5-18-25(31)38-21(17-6-8-33-13-17)12-27(18,3)23(26)22(20)29/h6,8,13,18-21,23H,5,7,9-12,14-15H2,1-4H3/t18-,19-,20-,21-,23?,26-,27-/m0/s1. The highest BCUT2D eigenvalue weighted by atomic mass is 16.7. The van der Waals surface area contributed by atoms with Gasteiger partial charge in [0.2, 0.25) is 0 Å². The van der Waals surface area contributed by atoms with E-state index in [0.29, 0.717) is 38.0 Å². The summed E-state index contributed by atoms with van der Waals surface area (Å²) < 4.78 is 37.2. The quantitative estimate of drug-likeness (QED) is 0.189.